The fourth-order valence-corrected chi connectivity index (χ4v) is 5.75. The Bertz CT molecular complexity index is 1390. The molecule has 0 aliphatic heterocycles. The molecule has 0 aliphatic carbocycles. The van der Waals surface area contributed by atoms with Crippen LogP contribution in [0.5, 0.6) is 0 Å². The van der Waals surface area contributed by atoms with E-state index in [2.05, 4.69) is 5.32 Å². The molecular weight excluding hydrogens is 510 g/mol. The van der Waals surface area contributed by atoms with Gasteiger partial charge in [-0.2, -0.15) is 0 Å². The van der Waals surface area contributed by atoms with Crippen LogP contribution in [-0.4, -0.2) is 44.8 Å². The van der Waals surface area contributed by atoms with E-state index in [0.717, 1.165) is 21.0 Å². The molecule has 0 bridgehead atoms. The van der Waals surface area contributed by atoms with Gasteiger partial charge in [0.05, 0.1) is 10.6 Å². The van der Waals surface area contributed by atoms with Gasteiger partial charge in [0.15, 0.2) is 0 Å². The van der Waals surface area contributed by atoms with Gasteiger partial charge in [0, 0.05) is 18.6 Å². The highest BCUT2D eigenvalue weighted by Crippen LogP contribution is 2.29. The van der Waals surface area contributed by atoms with Gasteiger partial charge in [-0.25, -0.2) is 8.42 Å². The molecule has 2 amide bonds. The summed E-state index contributed by atoms with van der Waals surface area (Å²) in [6.07, 6.45) is 0. The number of benzene rings is 3. The van der Waals surface area contributed by atoms with Gasteiger partial charge in [0.25, 0.3) is 10.0 Å². The molecule has 1 N–H and O–H groups in total. The summed E-state index contributed by atoms with van der Waals surface area (Å²) < 4.78 is 28.8. The first kappa shape index (κ1) is 28.2. The number of nitrogens with zero attached hydrogens (tertiary/aromatic N) is 2. The number of amides is 2. The smallest absolute Gasteiger partial charge is 0.264 e. The number of likely N-dealkylation sites (N-methyl/N-ethyl adjacent to an activating group) is 1. The van der Waals surface area contributed by atoms with E-state index in [9.17, 15) is 18.0 Å². The molecule has 0 heterocycles. The van der Waals surface area contributed by atoms with Crippen LogP contribution in [0.15, 0.2) is 71.6 Å². The highest BCUT2D eigenvalue weighted by molar-refractivity contribution is 7.92. The third kappa shape index (κ3) is 6.70. The van der Waals surface area contributed by atoms with Crippen LogP contribution in [0.25, 0.3) is 0 Å². The number of carbonyl (C=O) groups is 2. The molecule has 0 saturated carbocycles. The van der Waals surface area contributed by atoms with Crippen molar-refractivity contribution in [1.29, 1.82) is 0 Å². The van der Waals surface area contributed by atoms with Crippen molar-refractivity contribution in [3.63, 3.8) is 0 Å². The van der Waals surface area contributed by atoms with Crippen LogP contribution in [0.2, 0.25) is 5.02 Å². The molecule has 1 atom stereocenters. The van der Waals surface area contributed by atoms with Gasteiger partial charge in [-0.15, -0.1) is 0 Å². The molecule has 37 heavy (non-hydrogen) atoms. The van der Waals surface area contributed by atoms with E-state index in [1.165, 1.54) is 24.1 Å². The zero-order valence-electron chi connectivity index (χ0n) is 21.7. The predicted molar refractivity (Wildman–Crippen MR) is 147 cm³/mol. The Balaban J connectivity index is 2.07. The second-order valence-corrected chi connectivity index (χ2v) is 11.4. The number of carbonyl (C=O) groups excluding carboxylic acids is 2. The molecule has 0 saturated heterocycles. The fourth-order valence-electron chi connectivity index (χ4n) is 4.05. The number of halogens is 1. The number of anilines is 1. The lowest BCUT2D eigenvalue weighted by Gasteiger charge is -2.32. The van der Waals surface area contributed by atoms with Gasteiger partial charge in [0.2, 0.25) is 11.8 Å². The molecule has 3 rings (SSSR count). The minimum Gasteiger partial charge on any atom is -0.357 e. The SMILES string of the molecule is CNC(=O)[C@@H](C)N(Cc1cccc(C)c1)C(=O)CN(c1ccc(Cl)cc1C)S(=O)(=O)c1ccc(C)cc1. The van der Waals surface area contributed by atoms with Crippen molar-refractivity contribution < 1.29 is 18.0 Å². The lowest BCUT2D eigenvalue weighted by atomic mass is 10.1. The molecule has 3 aromatic carbocycles. The van der Waals surface area contributed by atoms with Crippen molar-refractivity contribution in [2.24, 2.45) is 0 Å². The molecule has 0 aromatic heterocycles. The van der Waals surface area contributed by atoms with E-state index >= 15 is 0 Å². The van der Waals surface area contributed by atoms with Gasteiger partial charge < -0.3 is 10.2 Å². The van der Waals surface area contributed by atoms with Crippen LogP contribution in [0.1, 0.15) is 29.2 Å². The number of aryl methyl sites for hydroxylation is 3. The molecule has 0 fully saturated rings. The third-order valence-corrected chi connectivity index (χ3v) is 8.17. The Kier molecular flexibility index (Phi) is 8.99. The molecule has 0 aliphatic rings. The first-order chi connectivity index (χ1) is 17.4. The lowest BCUT2D eigenvalue weighted by molar-refractivity contribution is -0.139. The van der Waals surface area contributed by atoms with E-state index in [1.807, 2.05) is 38.1 Å². The second kappa shape index (κ2) is 11.8. The maximum Gasteiger partial charge on any atom is 0.264 e. The van der Waals surface area contributed by atoms with Crippen LogP contribution in [0, 0.1) is 20.8 Å². The van der Waals surface area contributed by atoms with Crippen LogP contribution in [-0.2, 0) is 26.2 Å². The van der Waals surface area contributed by atoms with Crippen LogP contribution < -0.4 is 9.62 Å². The quantitative estimate of drug-likeness (QED) is 0.428. The van der Waals surface area contributed by atoms with Crippen molar-refractivity contribution in [3.05, 3.63) is 94.0 Å². The summed E-state index contributed by atoms with van der Waals surface area (Å²) >= 11 is 6.13. The molecule has 0 spiro atoms. The summed E-state index contributed by atoms with van der Waals surface area (Å²) in [5.74, 6) is -0.862. The minimum atomic E-state index is -4.12. The van der Waals surface area contributed by atoms with Crippen LogP contribution in [0.4, 0.5) is 5.69 Å². The highest BCUT2D eigenvalue weighted by atomic mass is 35.5. The fraction of sp³-hybridized carbons (Fsp3) is 0.286. The lowest BCUT2D eigenvalue weighted by Crippen LogP contribution is -2.50. The second-order valence-electron chi connectivity index (χ2n) is 9.06. The van der Waals surface area contributed by atoms with Crippen molar-refractivity contribution in [3.8, 4) is 0 Å². The zero-order valence-corrected chi connectivity index (χ0v) is 23.2. The van der Waals surface area contributed by atoms with E-state index in [0.29, 0.717) is 16.3 Å². The van der Waals surface area contributed by atoms with Gasteiger partial charge >= 0.3 is 0 Å². The molecule has 3 aromatic rings. The molecule has 9 heteroatoms. The predicted octanol–water partition coefficient (Wildman–Crippen LogP) is 4.62. The van der Waals surface area contributed by atoms with Gasteiger partial charge in [-0.3, -0.25) is 13.9 Å². The van der Waals surface area contributed by atoms with Gasteiger partial charge in [0.1, 0.15) is 12.6 Å². The van der Waals surface area contributed by atoms with E-state index in [-0.39, 0.29) is 17.3 Å². The Morgan fingerprint density at radius 3 is 2.22 bits per heavy atom. The zero-order chi connectivity index (χ0) is 27.3. The Hall–Kier alpha value is -3.36. The van der Waals surface area contributed by atoms with Crippen LogP contribution >= 0.6 is 11.6 Å². The Morgan fingerprint density at radius 1 is 0.946 bits per heavy atom. The van der Waals surface area contributed by atoms with E-state index in [1.54, 1.807) is 44.2 Å². The maximum atomic E-state index is 13.8. The normalized spacial score (nSPS) is 12.1. The maximum absolute atomic E-state index is 13.8. The summed E-state index contributed by atoms with van der Waals surface area (Å²) in [5.41, 5.74) is 3.69. The summed E-state index contributed by atoms with van der Waals surface area (Å²) in [7, 11) is -2.62. The molecular formula is C28H32ClN3O4S. The Labute approximate surface area is 224 Å². The average Bonchev–Trinajstić information content (AvgIpc) is 2.85. The average molecular weight is 542 g/mol. The summed E-state index contributed by atoms with van der Waals surface area (Å²) in [6, 6.07) is 18.1. The molecule has 196 valence electrons. The van der Waals surface area contributed by atoms with Crippen molar-refractivity contribution in [2.45, 2.75) is 45.2 Å². The van der Waals surface area contributed by atoms with Crippen molar-refractivity contribution >= 4 is 39.1 Å². The molecule has 7 nitrogen and oxygen atoms in total. The third-order valence-electron chi connectivity index (χ3n) is 6.16. The number of hydrogen-bond acceptors (Lipinski definition) is 4. The topological polar surface area (TPSA) is 86.8 Å². The van der Waals surface area contributed by atoms with E-state index < -0.39 is 28.5 Å². The summed E-state index contributed by atoms with van der Waals surface area (Å²) in [4.78, 5) is 27.8. The summed E-state index contributed by atoms with van der Waals surface area (Å²) in [5, 5.41) is 3.03. The number of hydrogen-bond donors (Lipinski definition) is 1. The number of sulfonamides is 1. The van der Waals surface area contributed by atoms with E-state index in [4.69, 9.17) is 11.6 Å². The number of rotatable bonds is 9. The number of nitrogens with one attached hydrogen (secondary N) is 1. The van der Waals surface area contributed by atoms with Gasteiger partial charge in [-0.05, 0) is 69.2 Å². The first-order valence-corrected chi connectivity index (χ1v) is 13.7. The standard InChI is InChI=1S/C28H32ClN3O4S/c1-19-9-12-25(13-10-19)37(35,36)32(26-14-11-24(29)16-21(26)3)18-27(33)31(22(4)28(34)30-5)17-23-8-6-7-20(2)15-23/h6-16,22H,17-18H2,1-5H3,(H,30,34)/t22-/m1/s1. The largest absolute Gasteiger partial charge is 0.357 e. The molecule has 0 unspecified atom stereocenters. The van der Waals surface area contributed by atoms with Crippen molar-refractivity contribution in [2.75, 3.05) is 17.9 Å². The highest BCUT2D eigenvalue weighted by Gasteiger charge is 2.33. The minimum absolute atomic E-state index is 0.0600. The summed E-state index contributed by atoms with van der Waals surface area (Å²) in [6.45, 7) is 6.82. The monoisotopic (exact) mass is 541 g/mol. The van der Waals surface area contributed by atoms with Gasteiger partial charge in [-0.1, -0.05) is 59.1 Å². The first-order valence-electron chi connectivity index (χ1n) is 11.9. The molecule has 0 radical (unpaired) electrons. The van der Waals surface area contributed by atoms with Crippen molar-refractivity contribution in [1.82, 2.24) is 10.2 Å². The van der Waals surface area contributed by atoms with Crippen LogP contribution in [0.3, 0.4) is 0 Å². The Morgan fingerprint density at radius 2 is 1.62 bits per heavy atom.